The van der Waals surface area contributed by atoms with E-state index in [2.05, 4.69) is 20.2 Å². The number of fused-ring (bicyclic) bond motifs is 1. The lowest BCUT2D eigenvalue weighted by Gasteiger charge is -2.44. The number of halogens is 2. The van der Waals surface area contributed by atoms with Crippen LogP contribution in [0.3, 0.4) is 0 Å². The van der Waals surface area contributed by atoms with Gasteiger partial charge in [-0.25, -0.2) is 28.0 Å². The molecular formula is C20H28F2N6O2S. The van der Waals surface area contributed by atoms with Crippen LogP contribution in [-0.4, -0.2) is 72.8 Å². The van der Waals surface area contributed by atoms with Crippen LogP contribution in [0, 0.1) is 5.41 Å². The van der Waals surface area contributed by atoms with Gasteiger partial charge in [-0.15, -0.1) is 10.8 Å². The van der Waals surface area contributed by atoms with Gasteiger partial charge in [-0.05, 0) is 25.3 Å². The van der Waals surface area contributed by atoms with Gasteiger partial charge >= 0.3 is 0 Å². The van der Waals surface area contributed by atoms with Gasteiger partial charge in [-0.3, -0.25) is 9.11 Å². The first-order valence-corrected chi connectivity index (χ1v) is 12.5. The van der Waals surface area contributed by atoms with Crippen molar-refractivity contribution in [1.82, 2.24) is 19.3 Å². The lowest BCUT2D eigenvalue weighted by Crippen LogP contribution is -2.47. The molecule has 0 aromatic carbocycles. The van der Waals surface area contributed by atoms with E-state index in [1.807, 2.05) is 6.07 Å². The Hall–Kier alpha value is -1.82. The van der Waals surface area contributed by atoms with Crippen LogP contribution < -0.4 is 10.2 Å². The fourth-order valence-electron chi connectivity index (χ4n) is 5.22. The van der Waals surface area contributed by atoms with Crippen molar-refractivity contribution >= 4 is 33.4 Å². The third-order valence-corrected chi connectivity index (χ3v) is 8.10. The number of hydrogen-bond donors (Lipinski definition) is 3. The fraction of sp³-hybridized carbons (Fsp3) is 0.650. The van der Waals surface area contributed by atoms with E-state index in [1.165, 1.54) is 6.26 Å². The Labute approximate surface area is 181 Å². The molecule has 3 aliphatic rings. The molecule has 11 heteroatoms. The van der Waals surface area contributed by atoms with Crippen molar-refractivity contribution in [3.8, 4) is 0 Å². The Balaban J connectivity index is 1.31. The maximum absolute atomic E-state index is 13.5. The third kappa shape index (κ3) is 4.15. The summed E-state index contributed by atoms with van der Waals surface area (Å²) in [7, 11) is -2.67. The molecule has 2 aromatic rings. The lowest BCUT2D eigenvalue weighted by atomic mass is 9.65. The molecular weight excluding hydrogens is 426 g/mol. The summed E-state index contributed by atoms with van der Waals surface area (Å²) in [6.07, 6.45) is 7.13. The summed E-state index contributed by atoms with van der Waals surface area (Å²) in [6, 6.07) is 2.00. The van der Waals surface area contributed by atoms with E-state index in [9.17, 15) is 17.9 Å². The van der Waals surface area contributed by atoms with Crippen LogP contribution >= 0.6 is 10.8 Å². The molecule has 0 amide bonds. The predicted octanol–water partition coefficient (Wildman–Crippen LogP) is 3.82. The number of nitrogens with zero attached hydrogens (tertiary/aromatic N) is 5. The number of pyridine rings is 1. The number of nitrogens with one attached hydrogen (secondary N) is 1. The predicted molar refractivity (Wildman–Crippen MR) is 118 cm³/mol. The summed E-state index contributed by atoms with van der Waals surface area (Å²) in [6.45, 7) is 2.48. The minimum atomic E-state index is -2.67. The minimum Gasteiger partial charge on any atom is -0.354 e. The molecule has 2 aromatic heterocycles. The summed E-state index contributed by atoms with van der Waals surface area (Å²) in [5.74, 6) is -1.29. The first kappa shape index (κ1) is 21.0. The number of aromatic nitrogens is 3. The van der Waals surface area contributed by atoms with E-state index in [4.69, 9.17) is 4.98 Å². The van der Waals surface area contributed by atoms with E-state index >= 15 is 0 Å². The van der Waals surface area contributed by atoms with Crippen LogP contribution in [0.25, 0.3) is 10.9 Å². The molecule has 0 atom stereocenters. The van der Waals surface area contributed by atoms with Crippen molar-refractivity contribution < 1.29 is 17.9 Å². The maximum Gasteiger partial charge on any atom is 0.249 e. The largest absolute Gasteiger partial charge is 0.354 e. The monoisotopic (exact) mass is 454 g/mol. The molecule has 2 saturated heterocycles. The maximum atomic E-state index is 13.5. The third-order valence-electron chi connectivity index (χ3n) is 6.76. The quantitative estimate of drug-likeness (QED) is 0.642. The van der Waals surface area contributed by atoms with Crippen LogP contribution in [0.2, 0.25) is 0 Å². The average Bonchev–Trinajstić information content (AvgIpc) is 3.10. The lowest BCUT2D eigenvalue weighted by molar-refractivity contribution is -0.152. The average molecular weight is 455 g/mol. The Morgan fingerprint density at radius 2 is 1.90 bits per heavy atom. The van der Waals surface area contributed by atoms with Crippen LogP contribution in [0.15, 0.2) is 18.5 Å². The number of rotatable bonds is 4. The molecule has 3 N–H and O–H groups in total. The standard InChI is InChI=1S/C20H28F2N6O2S/c1-31(29,30)28-7-3-15(4-8-28)25-18-24-10-14-2-6-23-17(16(14)26-18)27-9-5-19(13-27)11-20(21,22)12-19/h2,6,10,15,29-30H,3-5,7-9,11-13H2,1H3,(H,24,25,26). The molecule has 0 unspecified atom stereocenters. The SMILES string of the molecule is CS(O)(O)N1CCC(Nc2ncc3ccnc(N4CCC5(C4)CC(F)(F)C5)c3n2)CC1. The highest BCUT2D eigenvalue weighted by molar-refractivity contribution is 8.21. The molecule has 0 bridgehead atoms. The summed E-state index contributed by atoms with van der Waals surface area (Å²) in [4.78, 5) is 15.8. The van der Waals surface area contributed by atoms with Crippen LogP contribution in [0.1, 0.15) is 32.1 Å². The van der Waals surface area contributed by atoms with E-state index in [1.54, 1.807) is 16.7 Å². The second-order valence-electron chi connectivity index (χ2n) is 9.29. The van der Waals surface area contributed by atoms with Gasteiger partial charge in [0.05, 0.1) is 0 Å². The molecule has 1 saturated carbocycles. The second-order valence-corrected chi connectivity index (χ2v) is 11.4. The minimum absolute atomic E-state index is 0.0375. The highest BCUT2D eigenvalue weighted by Crippen LogP contribution is 2.57. The van der Waals surface area contributed by atoms with E-state index in [-0.39, 0.29) is 24.3 Å². The first-order valence-electron chi connectivity index (χ1n) is 10.6. The molecule has 1 spiro atoms. The number of anilines is 2. The van der Waals surface area contributed by atoms with E-state index in [0.29, 0.717) is 32.1 Å². The zero-order valence-electron chi connectivity index (χ0n) is 17.5. The number of hydrogen-bond acceptors (Lipinski definition) is 8. The number of alkyl halides is 2. The van der Waals surface area contributed by atoms with Crippen molar-refractivity contribution in [3.63, 3.8) is 0 Å². The molecule has 8 nitrogen and oxygen atoms in total. The molecule has 0 radical (unpaired) electrons. The molecule has 170 valence electrons. The van der Waals surface area contributed by atoms with E-state index < -0.39 is 16.7 Å². The van der Waals surface area contributed by atoms with Crippen LogP contribution in [0.5, 0.6) is 0 Å². The highest BCUT2D eigenvalue weighted by atomic mass is 32.3. The Kier molecular flexibility index (Phi) is 5.00. The van der Waals surface area contributed by atoms with Gasteiger partial charge in [-0.2, -0.15) is 0 Å². The zero-order chi connectivity index (χ0) is 21.9. The van der Waals surface area contributed by atoms with Gasteiger partial charge in [0.15, 0.2) is 5.82 Å². The van der Waals surface area contributed by atoms with Crippen LogP contribution in [-0.2, 0) is 0 Å². The van der Waals surface area contributed by atoms with Gasteiger partial charge in [0.2, 0.25) is 11.9 Å². The Morgan fingerprint density at radius 3 is 2.58 bits per heavy atom. The molecule has 4 heterocycles. The fourth-order valence-corrected chi connectivity index (χ4v) is 6.12. The molecule has 2 aliphatic heterocycles. The summed E-state index contributed by atoms with van der Waals surface area (Å²) in [5.41, 5.74) is 0.425. The summed E-state index contributed by atoms with van der Waals surface area (Å²) < 4.78 is 48.3. The van der Waals surface area contributed by atoms with Crippen LogP contribution in [0.4, 0.5) is 20.5 Å². The summed E-state index contributed by atoms with van der Waals surface area (Å²) >= 11 is 0. The van der Waals surface area contributed by atoms with Gasteiger partial charge in [-0.1, -0.05) is 0 Å². The topological polar surface area (TPSA) is 97.6 Å². The molecule has 5 rings (SSSR count). The zero-order valence-corrected chi connectivity index (χ0v) is 18.3. The van der Waals surface area contributed by atoms with Gasteiger partial charge in [0.25, 0.3) is 0 Å². The van der Waals surface area contributed by atoms with Crippen molar-refractivity contribution in [1.29, 1.82) is 0 Å². The van der Waals surface area contributed by atoms with E-state index in [0.717, 1.165) is 36.0 Å². The van der Waals surface area contributed by atoms with Crippen molar-refractivity contribution in [2.75, 3.05) is 42.7 Å². The molecule has 1 aliphatic carbocycles. The van der Waals surface area contributed by atoms with Crippen molar-refractivity contribution in [3.05, 3.63) is 18.5 Å². The van der Waals surface area contributed by atoms with Gasteiger partial charge in [0, 0.05) is 74.5 Å². The normalized spacial score (nSPS) is 24.5. The molecule has 31 heavy (non-hydrogen) atoms. The van der Waals surface area contributed by atoms with Gasteiger partial charge < -0.3 is 10.2 Å². The molecule has 3 fully saturated rings. The number of piperidine rings is 1. The second kappa shape index (κ2) is 7.36. The summed E-state index contributed by atoms with van der Waals surface area (Å²) in [5, 5.41) is 4.23. The van der Waals surface area contributed by atoms with Crippen molar-refractivity contribution in [2.45, 2.75) is 44.1 Å². The Morgan fingerprint density at radius 1 is 1.16 bits per heavy atom. The Bertz CT molecular complexity index is 972. The van der Waals surface area contributed by atoms with Gasteiger partial charge in [0.1, 0.15) is 5.52 Å². The van der Waals surface area contributed by atoms with Crippen molar-refractivity contribution in [2.24, 2.45) is 5.41 Å². The highest BCUT2D eigenvalue weighted by Gasteiger charge is 2.58. The smallest absolute Gasteiger partial charge is 0.249 e. The first-order chi connectivity index (χ1) is 14.6.